The first-order valence-corrected chi connectivity index (χ1v) is 12.7. The molecular weight excluding hydrogens is 440 g/mol. The molecule has 3 heterocycles. The number of sulfone groups is 1. The van der Waals surface area contributed by atoms with Crippen molar-refractivity contribution >= 4 is 38.2 Å². The number of rotatable bonds is 6. The van der Waals surface area contributed by atoms with Crippen molar-refractivity contribution in [1.29, 1.82) is 0 Å². The van der Waals surface area contributed by atoms with E-state index in [-0.39, 0.29) is 12.1 Å². The van der Waals surface area contributed by atoms with E-state index in [0.717, 1.165) is 0 Å². The zero-order valence-electron chi connectivity index (χ0n) is 18.3. The fourth-order valence-corrected chi connectivity index (χ4v) is 4.22. The van der Waals surface area contributed by atoms with Gasteiger partial charge in [-0.3, -0.25) is 5.32 Å². The number of morpholine rings is 1. The number of nitrogens with one attached hydrogen (secondary N) is 2. The summed E-state index contributed by atoms with van der Waals surface area (Å²) in [7, 11) is -3.44. The van der Waals surface area contributed by atoms with Crippen LogP contribution in [0.4, 0.5) is 15.7 Å². The van der Waals surface area contributed by atoms with E-state index in [1.54, 1.807) is 26.1 Å². The lowest BCUT2D eigenvalue weighted by Gasteiger charge is -2.35. The molecule has 31 heavy (non-hydrogen) atoms. The standard InChI is InChI=1S/C19H28N6O4S2/c1-6-20-17(26)24-18-21-10-13(30-18)16-22-14(19(3,4)31(5,27)28)9-15(23-16)25-7-8-29-11-12(25)2/h9-10,12H,6-8,11H2,1-5H3,(H2,20,21,24,26)/t12-/m0/s1. The second kappa shape index (κ2) is 9.05. The van der Waals surface area contributed by atoms with Gasteiger partial charge < -0.3 is 15.0 Å². The molecule has 12 heteroatoms. The molecule has 1 aliphatic rings. The van der Waals surface area contributed by atoms with Gasteiger partial charge in [0.15, 0.2) is 20.8 Å². The first-order valence-electron chi connectivity index (χ1n) is 9.97. The van der Waals surface area contributed by atoms with Crippen molar-refractivity contribution in [2.45, 2.75) is 38.5 Å². The average Bonchev–Trinajstić information content (AvgIpc) is 3.15. The Bertz CT molecular complexity index is 1050. The zero-order valence-corrected chi connectivity index (χ0v) is 19.9. The van der Waals surface area contributed by atoms with E-state index in [2.05, 4.69) is 25.5 Å². The molecule has 0 spiro atoms. The average molecular weight is 469 g/mol. The highest BCUT2D eigenvalue weighted by Crippen LogP contribution is 2.34. The van der Waals surface area contributed by atoms with Crippen LogP contribution < -0.4 is 15.5 Å². The Morgan fingerprint density at radius 1 is 1.39 bits per heavy atom. The van der Waals surface area contributed by atoms with E-state index in [9.17, 15) is 13.2 Å². The molecule has 2 aromatic rings. The van der Waals surface area contributed by atoms with Crippen molar-refractivity contribution in [3.8, 4) is 10.7 Å². The molecule has 2 amide bonds. The molecule has 0 bridgehead atoms. The largest absolute Gasteiger partial charge is 0.377 e. The van der Waals surface area contributed by atoms with Crippen LogP contribution in [0.25, 0.3) is 10.7 Å². The van der Waals surface area contributed by atoms with Crippen molar-refractivity contribution in [1.82, 2.24) is 20.3 Å². The van der Waals surface area contributed by atoms with Gasteiger partial charge in [0.2, 0.25) is 0 Å². The summed E-state index contributed by atoms with van der Waals surface area (Å²) >= 11 is 1.22. The Balaban J connectivity index is 2.05. The Labute approximate surface area is 186 Å². The quantitative estimate of drug-likeness (QED) is 0.661. The maximum Gasteiger partial charge on any atom is 0.321 e. The summed E-state index contributed by atoms with van der Waals surface area (Å²) in [6, 6.07) is 1.47. The predicted molar refractivity (Wildman–Crippen MR) is 121 cm³/mol. The lowest BCUT2D eigenvalue weighted by molar-refractivity contribution is 0.0985. The molecule has 170 valence electrons. The monoisotopic (exact) mass is 468 g/mol. The number of hydrogen-bond donors (Lipinski definition) is 2. The molecule has 1 atom stereocenters. The van der Waals surface area contributed by atoms with Crippen LogP contribution in [0.1, 0.15) is 33.4 Å². The van der Waals surface area contributed by atoms with Gasteiger partial charge in [0.1, 0.15) is 10.6 Å². The van der Waals surface area contributed by atoms with E-state index < -0.39 is 14.6 Å². The number of anilines is 2. The lowest BCUT2D eigenvalue weighted by atomic mass is 10.1. The van der Waals surface area contributed by atoms with Crippen LogP contribution in [0.5, 0.6) is 0 Å². The van der Waals surface area contributed by atoms with E-state index in [1.807, 2.05) is 13.8 Å². The molecule has 1 aliphatic heterocycles. The number of amides is 2. The van der Waals surface area contributed by atoms with Gasteiger partial charge in [0, 0.05) is 25.4 Å². The SMILES string of the molecule is CCNC(=O)Nc1ncc(-c2nc(N3CCOC[C@@H]3C)cc(C(C)(C)S(C)(=O)=O)n2)s1. The molecule has 0 aliphatic carbocycles. The van der Waals surface area contributed by atoms with Crippen LogP contribution in [0.2, 0.25) is 0 Å². The van der Waals surface area contributed by atoms with Gasteiger partial charge in [0.05, 0.1) is 36.0 Å². The second-order valence-corrected chi connectivity index (χ2v) is 11.4. The number of thiazole rings is 1. The van der Waals surface area contributed by atoms with Gasteiger partial charge in [-0.1, -0.05) is 11.3 Å². The highest BCUT2D eigenvalue weighted by molar-refractivity contribution is 7.91. The summed E-state index contributed by atoms with van der Waals surface area (Å²) in [6.07, 6.45) is 2.78. The fourth-order valence-electron chi connectivity index (χ4n) is 2.99. The maximum atomic E-state index is 12.5. The topological polar surface area (TPSA) is 126 Å². The van der Waals surface area contributed by atoms with Gasteiger partial charge in [-0.25, -0.2) is 28.2 Å². The number of urea groups is 1. The van der Waals surface area contributed by atoms with Crippen molar-refractivity contribution in [3.05, 3.63) is 18.0 Å². The van der Waals surface area contributed by atoms with E-state index in [1.165, 1.54) is 17.6 Å². The number of hydrogen-bond acceptors (Lipinski definition) is 9. The smallest absolute Gasteiger partial charge is 0.321 e. The number of carbonyl (C=O) groups excluding carboxylic acids is 1. The highest BCUT2D eigenvalue weighted by Gasteiger charge is 2.36. The predicted octanol–water partition coefficient (Wildman–Crippen LogP) is 2.25. The highest BCUT2D eigenvalue weighted by atomic mass is 32.2. The second-order valence-electron chi connectivity index (χ2n) is 7.85. The van der Waals surface area contributed by atoms with Gasteiger partial charge in [0.25, 0.3) is 0 Å². The lowest BCUT2D eigenvalue weighted by Crippen LogP contribution is -2.44. The normalized spacial score (nSPS) is 17.5. The minimum atomic E-state index is -3.44. The summed E-state index contributed by atoms with van der Waals surface area (Å²) in [5.41, 5.74) is 0.403. The van der Waals surface area contributed by atoms with Crippen LogP contribution in [-0.2, 0) is 19.3 Å². The summed E-state index contributed by atoms with van der Waals surface area (Å²) < 4.78 is 29.3. The molecule has 1 fully saturated rings. The van der Waals surface area contributed by atoms with Crippen molar-refractivity contribution in [2.24, 2.45) is 0 Å². The third-order valence-corrected chi connectivity index (χ3v) is 8.17. The van der Waals surface area contributed by atoms with Crippen LogP contribution in [0.3, 0.4) is 0 Å². The molecule has 0 aromatic carbocycles. The van der Waals surface area contributed by atoms with Crippen molar-refractivity contribution < 1.29 is 17.9 Å². The minimum Gasteiger partial charge on any atom is -0.377 e. The third-order valence-electron chi connectivity index (χ3n) is 5.20. The van der Waals surface area contributed by atoms with Crippen LogP contribution >= 0.6 is 11.3 Å². The Morgan fingerprint density at radius 2 is 2.13 bits per heavy atom. The van der Waals surface area contributed by atoms with Crippen molar-refractivity contribution in [3.63, 3.8) is 0 Å². The molecule has 3 rings (SSSR count). The van der Waals surface area contributed by atoms with E-state index in [0.29, 0.717) is 53.6 Å². The molecular formula is C19H28N6O4S2. The third kappa shape index (κ3) is 5.13. The Hall–Kier alpha value is -2.31. The first-order chi connectivity index (χ1) is 14.5. The Kier molecular flexibility index (Phi) is 6.82. The van der Waals surface area contributed by atoms with Crippen molar-refractivity contribution in [2.75, 3.05) is 42.8 Å². The van der Waals surface area contributed by atoms with Gasteiger partial charge in [-0.05, 0) is 27.7 Å². The Morgan fingerprint density at radius 3 is 2.77 bits per heavy atom. The summed E-state index contributed by atoms with van der Waals surface area (Å²) in [5.74, 6) is 1.00. The minimum absolute atomic E-state index is 0.0853. The van der Waals surface area contributed by atoms with Gasteiger partial charge in [-0.15, -0.1) is 0 Å². The number of nitrogens with zero attached hydrogens (tertiary/aromatic N) is 4. The molecule has 2 N–H and O–H groups in total. The number of ether oxygens (including phenoxy) is 1. The summed E-state index contributed by atoms with van der Waals surface area (Å²) in [6.45, 7) is 9.39. The van der Waals surface area contributed by atoms with Gasteiger partial charge in [-0.2, -0.15) is 0 Å². The molecule has 1 saturated heterocycles. The maximum absolute atomic E-state index is 12.5. The molecule has 0 radical (unpaired) electrons. The number of aromatic nitrogens is 3. The fraction of sp³-hybridized carbons (Fsp3) is 0.579. The first kappa shape index (κ1) is 23.4. The van der Waals surface area contributed by atoms with Crippen LogP contribution in [-0.4, -0.2) is 68.0 Å². The van der Waals surface area contributed by atoms with E-state index >= 15 is 0 Å². The molecule has 0 saturated carbocycles. The van der Waals surface area contributed by atoms with Crippen LogP contribution in [0, 0.1) is 0 Å². The molecule has 10 nitrogen and oxygen atoms in total. The summed E-state index contributed by atoms with van der Waals surface area (Å²) in [5, 5.41) is 5.71. The molecule has 0 unspecified atom stereocenters. The zero-order chi connectivity index (χ0) is 22.8. The van der Waals surface area contributed by atoms with Gasteiger partial charge >= 0.3 is 6.03 Å². The van der Waals surface area contributed by atoms with E-state index in [4.69, 9.17) is 9.72 Å². The van der Waals surface area contributed by atoms with Crippen LogP contribution in [0.15, 0.2) is 12.3 Å². The molecule has 2 aromatic heterocycles. The summed E-state index contributed by atoms with van der Waals surface area (Å²) in [4.78, 5) is 28.0. The number of carbonyl (C=O) groups is 1.